The maximum absolute atomic E-state index is 12.3. The number of rotatable bonds is 8. The van der Waals surface area contributed by atoms with E-state index >= 15 is 0 Å². The highest BCUT2D eigenvalue weighted by Crippen LogP contribution is 2.16. The number of amides is 2. The lowest BCUT2D eigenvalue weighted by atomic mass is 9.91. The highest BCUT2D eigenvalue weighted by atomic mass is 16.5. The van der Waals surface area contributed by atoms with Gasteiger partial charge in [-0.3, -0.25) is 9.59 Å². The van der Waals surface area contributed by atoms with E-state index in [4.69, 9.17) is 4.74 Å². The summed E-state index contributed by atoms with van der Waals surface area (Å²) in [6.45, 7) is 4.87. The molecule has 0 aromatic heterocycles. The average molecular weight is 321 g/mol. The second-order valence-corrected chi connectivity index (χ2v) is 6.21. The summed E-state index contributed by atoms with van der Waals surface area (Å²) in [5.74, 6) is 0.197. The molecular weight excluding hydrogens is 294 g/mol. The van der Waals surface area contributed by atoms with Crippen LogP contribution in [0.1, 0.15) is 19.4 Å². The summed E-state index contributed by atoms with van der Waals surface area (Å²) < 4.78 is 5.09. The average Bonchev–Trinajstić information content (AvgIpc) is 2.52. The SMILES string of the molecule is COc1ccc(CNC(=O)C(C)(C)C(=O)NCCN(C)C)cc1. The van der Waals surface area contributed by atoms with E-state index in [2.05, 4.69) is 10.6 Å². The number of nitrogens with one attached hydrogen (secondary N) is 2. The number of hydrogen-bond acceptors (Lipinski definition) is 4. The molecule has 0 unspecified atom stereocenters. The maximum Gasteiger partial charge on any atom is 0.235 e. The number of carbonyl (C=O) groups excluding carboxylic acids is 2. The lowest BCUT2D eigenvalue weighted by Crippen LogP contribution is -2.48. The Morgan fingerprint density at radius 3 is 2.17 bits per heavy atom. The van der Waals surface area contributed by atoms with Crippen molar-refractivity contribution < 1.29 is 14.3 Å². The predicted molar refractivity (Wildman–Crippen MR) is 90.2 cm³/mol. The zero-order valence-corrected chi connectivity index (χ0v) is 14.6. The number of benzene rings is 1. The number of ether oxygens (including phenoxy) is 1. The minimum absolute atomic E-state index is 0.272. The lowest BCUT2D eigenvalue weighted by molar-refractivity contribution is -0.141. The van der Waals surface area contributed by atoms with Gasteiger partial charge in [-0.1, -0.05) is 12.1 Å². The summed E-state index contributed by atoms with van der Waals surface area (Å²) in [6.07, 6.45) is 0. The third kappa shape index (κ3) is 5.90. The summed E-state index contributed by atoms with van der Waals surface area (Å²) in [5, 5.41) is 5.60. The molecule has 6 nitrogen and oxygen atoms in total. The fraction of sp³-hybridized carbons (Fsp3) is 0.529. The van der Waals surface area contributed by atoms with E-state index in [1.54, 1.807) is 21.0 Å². The second-order valence-electron chi connectivity index (χ2n) is 6.21. The number of carbonyl (C=O) groups is 2. The highest BCUT2D eigenvalue weighted by Gasteiger charge is 2.35. The van der Waals surface area contributed by atoms with Gasteiger partial charge in [0, 0.05) is 19.6 Å². The molecule has 2 N–H and O–H groups in total. The maximum atomic E-state index is 12.3. The second kappa shape index (κ2) is 8.53. The number of likely N-dealkylation sites (N-methyl/N-ethyl adjacent to an activating group) is 1. The molecule has 6 heteroatoms. The van der Waals surface area contributed by atoms with Gasteiger partial charge in [0.2, 0.25) is 11.8 Å². The van der Waals surface area contributed by atoms with Crippen LogP contribution in [0.25, 0.3) is 0 Å². The van der Waals surface area contributed by atoms with Crippen molar-refractivity contribution in [3.8, 4) is 5.75 Å². The third-order valence-electron chi connectivity index (χ3n) is 3.59. The van der Waals surface area contributed by atoms with Gasteiger partial charge in [0.1, 0.15) is 11.2 Å². The van der Waals surface area contributed by atoms with Gasteiger partial charge in [0.05, 0.1) is 7.11 Å². The van der Waals surface area contributed by atoms with Gasteiger partial charge in [-0.2, -0.15) is 0 Å². The minimum atomic E-state index is -1.11. The van der Waals surface area contributed by atoms with Crippen molar-refractivity contribution >= 4 is 11.8 Å². The van der Waals surface area contributed by atoms with Crippen molar-refractivity contribution in [2.45, 2.75) is 20.4 Å². The molecule has 128 valence electrons. The van der Waals surface area contributed by atoms with Gasteiger partial charge in [-0.05, 0) is 45.6 Å². The van der Waals surface area contributed by atoms with E-state index in [0.717, 1.165) is 17.9 Å². The molecule has 0 aliphatic carbocycles. The first-order chi connectivity index (χ1) is 10.8. The zero-order chi connectivity index (χ0) is 17.5. The first-order valence-electron chi connectivity index (χ1n) is 7.61. The van der Waals surface area contributed by atoms with Crippen molar-refractivity contribution in [1.82, 2.24) is 15.5 Å². The van der Waals surface area contributed by atoms with Gasteiger partial charge in [-0.25, -0.2) is 0 Å². The number of hydrogen-bond donors (Lipinski definition) is 2. The quantitative estimate of drug-likeness (QED) is 0.701. The van der Waals surface area contributed by atoms with Crippen LogP contribution in [0, 0.1) is 5.41 Å². The van der Waals surface area contributed by atoms with Gasteiger partial charge in [0.25, 0.3) is 0 Å². The van der Waals surface area contributed by atoms with Crippen LogP contribution in [-0.2, 0) is 16.1 Å². The van der Waals surface area contributed by atoms with E-state index in [1.165, 1.54) is 0 Å². The first-order valence-corrected chi connectivity index (χ1v) is 7.61. The van der Waals surface area contributed by atoms with Crippen LogP contribution in [0.3, 0.4) is 0 Å². The van der Waals surface area contributed by atoms with Crippen LogP contribution >= 0.6 is 0 Å². The Morgan fingerprint density at radius 1 is 1.09 bits per heavy atom. The van der Waals surface area contributed by atoms with Crippen LogP contribution in [0.5, 0.6) is 5.75 Å². The molecule has 1 rings (SSSR count). The van der Waals surface area contributed by atoms with Crippen molar-refractivity contribution in [3.63, 3.8) is 0 Å². The molecule has 0 fully saturated rings. The van der Waals surface area contributed by atoms with E-state index in [0.29, 0.717) is 13.1 Å². The van der Waals surface area contributed by atoms with E-state index in [1.807, 2.05) is 43.3 Å². The van der Waals surface area contributed by atoms with Crippen molar-refractivity contribution in [2.75, 3.05) is 34.3 Å². The third-order valence-corrected chi connectivity index (χ3v) is 3.59. The Balaban J connectivity index is 2.51. The van der Waals surface area contributed by atoms with Crippen molar-refractivity contribution in [1.29, 1.82) is 0 Å². The van der Waals surface area contributed by atoms with Gasteiger partial charge in [0.15, 0.2) is 0 Å². The van der Waals surface area contributed by atoms with Crippen LogP contribution in [0.4, 0.5) is 0 Å². The molecule has 0 radical (unpaired) electrons. The smallest absolute Gasteiger partial charge is 0.235 e. The molecule has 0 saturated heterocycles. The molecule has 0 atom stereocenters. The highest BCUT2D eigenvalue weighted by molar-refractivity contribution is 6.04. The number of methoxy groups -OCH3 is 1. The van der Waals surface area contributed by atoms with E-state index in [9.17, 15) is 9.59 Å². The first kappa shape index (κ1) is 19.0. The molecule has 0 bridgehead atoms. The molecule has 1 aromatic carbocycles. The Labute approximate surface area is 138 Å². The minimum Gasteiger partial charge on any atom is -0.497 e. The predicted octanol–water partition coefficient (Wildman–Crippen LogP) is 1.02. The molecule has 23 heavy (non-hydrogen) atoms. The Bertz CT molecular complexity index is 524. The molecular formula is C17H27N3O3. The van der Waals surface area contributed by atoms with Crippen molar-refractivity contribution in [3.05, 3.63) is 29.8 Å². The molecule has 0 spiro atoms. The van der Waals surface area contributed by atoms with Crippen molar-refractivity contribution in [2.24, 2.45) is 5.41 Å². The summed E-state index contributed by atoms with van der Waals surface area (Å²) >= 11 is 0. The topological polar surface area (TPSA) is 70.7 Å². The summed E-state index contributed by atoms with van der Waals surface area (Å²) in [7, 11) is 5.46. The number of nitrogens with zero attached hydrogens (tertiary/aromatic N) is 1. The van der Waals surface area contributed by atoms with E-state index < -0.39 is 5.41 Å². The van der Waals surface area contributed by atoms with Gasteiger partial charge < -0.3 is 20.3 Å². The largest absolute Gasteiger partial charge is 0.497 e. The summed E-state index contributed by atoms with van der Waals surface area (Å²) in [4.78, 5) is 26.4. The lowest BCUT2D eigenvalue weighted by Gasteiger charge is -2.23. The molecule has 1 aromatic rings. The molecule has 2 amide bonds. The normalized spacial score (nSPS) is 11.2. The zero-order valence-electron chi connectivity index (χ0n) is 14.6. The monoisotopic (exact) mass is 321 g/mol. The standard InChI is InChI=1S/C17H27N3O3/c1-17(2,15(21)18-10-11-20(3)4)16(22)19-12-13-6-8-14(23-5)9-7-13/h6-9H,10-12H2,1-5H3,(H,18,21)(H,19,22). The molecule has 0 aliphatic rings. The van der Waals surface area contributed by atoms with Crippen LogP contribution in [-0.4, -0.2) is 51.0 Å². The summed E-state index contributed by atoms with van der Waals surface area (Å²) in [6, 6.07) is 7.42. The fourth-order valence-corrected chi connectivity index (χ4v) is 1.86. The molecule has 0 aliphatic heterocycles. The Morgan fingerprint density at radius 2 is 1.65 bits per heavy atom. The molecule has 0 heterocycles. The van der Waals surface area contributed by atoms with Gasteiger partial charge >= 0.3 is 0 Å². The molecule has 0 saturated carbocycles. The Hall–Kier alpha value is -2.08. The summed E-state index contributed by atoms with van der Waals surface area (Å²) in [5.41, 5.74) is -0.165. The van der Waals surface area contributed by atoms with Crippen LogP contribution in [0.2, 0.25) is 0 Å². The van der Waals surface area contributed by atoms with Crippen LogP contribution in [0.15, 0.2) is 24.3 Å². The fourth-order valence-electron chi connectivity index (χ4n) is 1.86. The van der Waals surface area contributed by atoms with Gasteiger partial charge in [-0.15, -0.1) is 0 Å². The van der Waals surface area contributed by atoms with Crippen LogP contribution < -0.4 is 15.4 Å². The van der Waals surface area contributed by atoms with E-state index in [-0.39, 0.29) is 11.8 Å². The Kier molecular flexibility index (Phi) is 7.03.